The van der Waals surface area contributed by atoms with Crippen LogP contribution in [0.15, 0.2) is 71.6 Å². The minimum atomic E-state index is -3.79. The fraction of sp³-hybridized carbons (Fsp3) is 0.182. The number of phenols is 1. The number of hydrogen-bond acceptors (Lipinski definition) is 3. The summed E-state index contributed by atoms with van der Waals surface area (Å²) in [6.07, 6.45) is 0.400. The van der Waals surface area contributed by atoms with E-state index >= 15 is 0 Å². The Kier molecular flexibility index (Phi) is 4.69. The lowest BCUT2D eigenvalue weighted by Gasteiger charge is -2.37. The zero-order valence-corrected chi connectivity index (χ0v) is 16.2. The van der Waals surface area contributed by atoms with E-state index in [0.29, 0.717) is 12.0 Å². The maximum Gasteiger partial charge on any atom is 0.243 e. The Hall–Kier alpha value is -2.70. The van der Waals surface area contributed by atoms with Crippen molar-refractivity contribution < 1.29 is 17.9 Å². The van der Waals surface area contributed by atoms with Crippen molar-refractivity contribution in [1.82, 2.24) is 4.31 Å². The molecule has 0 spiro atoms. The Bertz CT molecular complexity index is 1110. The molecular formula is C22H20FNO3S. The molecule has 28 heavy (non-hydrogen) atoms. The molecule has 3 aromatic carbocycles. The average Bonchev–Trinajstić information content (AvgIpc) is 2.69. The van der Waals surface area contributed by atoms with E-state index in [1.54, 1.807) is 24.3 Å². The van der Waals surface area contributed by atoms with Crippen LogP contribution < -0.4 is 0 Å². The molecule has 1 heterocycles. The highest BCUT2D eigenvalue weighted by Gasteiger charge is 2.38. The van der Waals surface area contributed by atoms with Crippen LogP contribution in [0.4, 0.5) is 4.39 Å². The van der Waals surface area contributed by atoms with Gasteiger partial charge >= 0.3 is 0 Å². The number of sulfonamides is 1. The number of halogens is 1. The molecular weight excluding hydrogens is 377 g/mol. The van der Waals surface area contributed by atoms with E-state index in [9.17, 15) is 17.9 Å². The highest BCUT2D eigenvalue weighted by Crippen LogP contribution is 2.40. The van der Waals surface area contributed by atoms with E-state index in [1.165, 1.54) is 16.4 Å². The molecule has 0 aromatic heterocycles. The lowest BCUT2D eigenvalue weighted by molar-refractivity contribution is 0.340. The second-order valence-corrected chi connectivity index (χ2v) is 8.89. The highest BCUT2D eigenvalue weighted by molar-refractivity contribution is 7.89. The summed E-state index contributed by atoms with van der Waals surface area (Å²) in [5, 5.41) is 9.75. The predicted octanol–water partition coefficient (Wildman–Crippen LogP) is 4.18. The van der Waals surface area contributed by atoms with E-state index < -0.39 is 27.6 Å². The lowest BCUT2D eigenvalue weighted by atomic mass is 9.89. The van der Waals surface area contributed by atoms with Gasteiger partial charge < -0.3 is 5.11 Å². The topological polar surface area (TPSA) is 57.6 Å². The SMILES string of the molecule is Cc1ccc(S(=O)(=O)N2CCc3cc(O)c(F)cc3C2c2ccccc2)cc1. The molecule has 1 atom stereocenters. The maximum atomic E-state index is 14.2. The van der Waals surface area contributed by atoms with Crippen molar-refractivity contribution >= 4 is 10.0 Å². The van der Waals surface area contributed by atoms with Gasteiger partial charge in [-0.15, -0.1) is 0 Å². The summed E-state index contributed by atoms with van der Waals surface area (Å²) in [4.78, 5) is 0.210. The standard InChI is InChI=1S/C22H20FNO3S/c1-15-7-9-18(10-8-15)28(26,27)24-12-11-17-13-21(25)20(23)14-19(17)22(24)16-5-3-2-4-6-16/h2-10,13-14,22,25H,11-12H2,1H3. The van der Waals surface area contributed by atoms with E-state index in [0.717, 1.165) is 16.7 Å². The van der Waals surface area contributed by atoms with Crippen LogP contribution in [0.2, 0.25) is 0 Å². The molecule has 144 valence electrons. The van der Waals surface area contributed by atoms with Gasteiger partial charge in [-0.05, 0) is 54.3 Å². The second kappa shape index (κ2) is 7.04. The van der Waals surface area contributed by atoms with Crippen molar-refractivity contribution in [3.63, 3.8) is 0 Å². The molecule has 4 nitrogen and oxygen atoms in total. The number of phenolic OH excluding ortho intramolecular Hbond substituents is 1. The average molecular weight is 397 g/mol. The molecule has 0 bridgehead atoms. The molecule has 4 rings (SSSR count). The fourth-order valence-electron chi connectivity index (χ4n) is 3.69. The van der Waals surface area contributed by atoms with Crippen LogP contribution in [0.5, 0.6) is 5.75 Å². The Morgan fingerprint density at radius 2 is 1.71 bits per heavy atom. The molecule has 1 unspecified atom stereocenters. The molecule has 1 N–H and O–H groups in total. The maximum absolute atomic E-state index is 14.2. The number of rotatable bonds is 3. The molecule has 0 aliphatic carbocycles. The summed E-state index contributed by atoms with van der Waals surface area (Å²) in [6.45, 7) is 2.14. The van der Waals surface area contributed by atoms with Crippen LogP contribution in [0, 0.1) is 12.7 Å². The number of aromatic hydroxyl groups is 1. The molecule has 6 heteroatoms. The first-order chi connectivity index (χ1) is 13.4. The van der Waals surface area contributed by atoms with Crippen molar-refractivity contribution in [3.8, 4) is 5.75 Å². The van der Waals surface area contributed by atoms with E-state index in [2.05, 4.69) is 0 Å². The Morgan fingerprint density at radius 1 is 1.04 bits per heavy atom. The van der Waals surface area contributed by atoms with Crippen molar-refractivity contribution in [1.29, 1.82) is 0 Å². The lowest BCUT2D eigenvalue weighted by Crippen LogP contribution is -2.40. The molecule has 0 saturated carbocycles. The quantitative estimate of drug-likeness (QED) is 0.721. The Morgan fingerprint density at radius 3 is 2.39 bits per heavy atom. The molecule has 0 amide bonds. The largest absolute Gasteiger partial charge is 0.505 e. The molecule has 0 fully saturated rings. The van der Waals surface area contributed by atoms with Crippen molar-refractivity contribution in [2.75, 3.05) is 6.54 Å². The fourth-order valence-corrected chi connectivity index (χ4v) is 5.29. The first-order valence-corrected chi connectivity index (χ1v) is 10.5. The minimum absolute atomic E-state index is 0.210. The predicted molar refractivity (Wildman–Crippen MR) is 105 cm³/mol. The third-order valence-corrected chi connectivity index (χ3v) is 7.01. The van der Waals surface area contributed by atoms with Crippen LogP contribution in [0.1, 0.15) is 28.3 Å². The van der Waals surface area contributed by atoms with E-state index in [4.69, 9.17) is 0 Å². The zero-order chi connectivity index (χ0) is 19.9. The van der Waals surface area contributed by atoms with Gasteiger partial charge in [0.05, 0.1) is 10.9 Å². The van der Waals surface area contributed by atoms with Gasteiger partial charge in [-0.1, -0.05) is 48.0 Å². The van der Waals surface area contributed by atoms with Gasteiger partial charge in [-0.3, -0.25) is 0 Å². The molecule has 1 aliphatic heterocycles. The van der Waals surface area contributed by atoms with Gasteiger partial charge in [-0.2, -0.15) is 4.31 Å². The number of aryl methyl sites for hydroxylation is 1. The monoisotopic (exact) mass is 397 g/mol. The summed E-state index contributed by atoms with van der Waals surface area (Å²) in [5.74, 6) is -1.17. The zero-order valence-electron chi connectivity index (χ0n) is 15.3. The summed E-state index contributed by atoms with van der Waals surface area (Å²) in [6, 6.07) is 17.9. The number of benzene rings is 3. The van der Waals surface area contributed by atoms with Crippen LogP contribution >= 0.6 is 0 Å². The van der Waals surface area contributed by atoms with E-state index in [1.807, 2.05) is 37.3 Å². The summed E-state index contributed by atoms with van der Waals surface area (Å²) in [7, 11) is -3.79. The van der Waals surface area contributed by atoms with Crippen molar-refractivity contribution in [3.05, 3.63) is 94.8 Å². The van der Waals surface area contributed by atoms with Gasteiger partial charge in [0.25, 0.3) is 0 Å². The number of hydrogen-bond donors (Lipinski definition) is 1. The van der Waals surface area contributed by atoms with Crippen molar-refractivity contribution in [2.45, 2.75) is 24.3 Å². The van der Waals surface area contributed by atoms with Gasteiger partial charge in [0.2, 0.25) is 10.0 Å². The van der Waals surface area contributed by atoms with Gasteiger partial charge in [0.1, 0.15) is 0 Å². The second-order valence-electron chi connectivity index (χ2n) is 6.99. The van der Waals surface area contributed by atoms with Gasteiger partial charge in [0, 0.05) is 6.54 Å². The molecule has 1 aliphatic rings. The van der Waals surface area contributed by atoms with Crippen LogP contribution in [-0.4, -0.2) is 24.4 Å². The van der Waals surface area contributed by atoms with Gasteiger partial charge in [-0.25, -0.2) is 12.8 Å². The normalized spacial score (nSPS) is 17.3. The number of nitrogens with zero attached hydrogens (tertiary/aromatic N) is 1. The first kappa shape index (κ1) is 18.7. The van der Waals surface area contributed by atoms with Crippen LogP contribution in [-0.2, 0) is 16.4 Å². The minimum Gasteiger partial charge on any atom is -0.505 e. The molecule has 0 saturated heterocycles. The summed E-state index contributed by atoms with van der Waals surface area (Å²) >= 11 is 0. The summed E-state index contributed by atoms with van der Waals surface area (Å²) in [5.41, 5.74) is 3.04. The van der Waals surface area contributed by atoms with E-state index in [-0.39, 0.29) is 11.4 Å². The summed E-state index contributed by atoms with van der Waals surface area (Å²) < 4.78 is 42.4. The Balaban J connectivity index is 1.89. The first-order valence-electron chi connectivity index (χ1n) is 9.02. The highest BCUT2D eigenvalue weighted by atomic mass is 32.2. The Labute approximate surface area is 163 Å². The number of fused-ring (bicyclic) bond motifs is 1. The smallest absolute Gasteiger partial charge is 0.243 e. The molecule has 3 aromatic rings. The molecule has 0 radical (unpaired) electrons. The van der Waals surface area contributed by atoms with Crippen molar-refractivity contribution in [2.24, 2.45) is 0 Å². The van der Waals surface area contributed by atoms with Gasteiger partial charge in [0.15, 0.2) is 11.6 Å². The van der Waals surface area contributed by atoms with Crippen LogP contribution in [0.3, 0.4) is 0 Å². The third kappa shape index (κ3) is 3.19. The third-order valence-electron chi connectivity index (χ3n) is 5.14. The van der Waals surface area contributed by atoms with Crippen LogP contribution in [0.25, 0.3) is 0 Å².